The predicted octanol–water partition coefficient (Wildman–Crippen LogP) is 1.22. The van der Waals surface area contributed by atoms with Crippen LogP contribution < -0.4 is 14.8 Å². The van der Waals surface area contributed by atoms with Crippen LogP contribution >= 0.6 is 0 Å². The average Bonchev–Trinajstić information content (AvgIpc) is 3.09. The lowest BCUT2D eigenvalue weighted by Gasteiger charge is -2.19. The second-order valence-corrected chi connectivity index (χ2v) is 4.89. The van der Waals surface area contributed by atoms with Crippen molar-refractivity contribution in [2.24, 2.45) is 0 Å². The monoisotopic (exact) mass is 265 g/mol. The van der Waals surface area contributed by atoms with Crippen molar-refractivity contribution in [3.05, 3.63) is 23.8 Å². The number of benzene rings is 1. The van der Waals surface area contributed by atoms with Gasteiger partial charge in [0, 0.05) is 13.2 Å². The molecule has 5 nitrogen and oxygen atoms in total. The van der Waals surface area contributed by atoms with E-state index >= 15 is 0 Å². The van der Waals surface area contributed by atoms with Gasteiger partial charge in [-0.25, -0.2) is 0 Å². The van der Waals surface area contributed by atoms with E-state index in [1.54, 1.807) is 0 Å². The maximum atomic E-state index is 9.53. The van der Waals surface area contributed by atoms with Crippen LogP contribution in [-0.4, -0.2) is 37.8 Å². The summed E-state index contributed by atoms with van der Waals surface area (Å²) in [4.78, 5) is 0. The molecule has 0 radical (unpaired) electrons. The van der Waals surface area contributed by atoms with Crippen LogP contribution in [0, 0.1) is 0 Å². The van der Waals surface area contributed by atoms with Crippen molar-refractivity contribution in [1.82, 2.24) is 5.32 Å². The highest BCUT2D eigenvalue weighted by atomic mass is 16.7. The van der Waals surface area contributed by atoms with E-state index in [-0.39, 0.29) is 25.5 Å². The largest absolute Gasteiger partial charge is 0.454 e. The third-order valence-electron chi connectivity index (χ3n) is 3.60. The van der Waals surface area contributed by atoms with Crippen LogP contribution in [0.5, 0.6) is 11.5 Å². The first kappa shape index (κ1) is 12.7. The maximum Gasteiger partial charge on any atom is 0.231 e. The van der Waals surface area contributed by atoms with Crippen LogP contribution in [0.15, 0.2) is 18.2 Å². The Morgan fingerprint density at radius 3 is 3.00 bits per heavy atom. The molecular weight excluding hydrogens is 246 g/mol. The molecule has 3 rings (SSSR count). The Labute approximate surface area is 112 Å². The highest BCUT2D eigenvalue weighted by Crippen LogP contribution is 2.34. The van der Waals surface area contributed by atoms with Gasteiger partial charge in [0.1, 0.15) is 0 Å². The van der Waals surface area contributed by atoms with Crippen molar-refractivity contribution >= 4 is 0 Å². The van der Waals surface area contributed by atoms with E-state index in [1.807, 2.05) is 18.2 Å². The van der Waals surface area contributed by atoms with Gasteiger partial charge in [0.15, 0.2) is 11.5 Å². The van der Waals surface area contributed by atoms with Crippen LogP contribution in [0.1, 0.15) is 24.4 Å². The highest BCUT2D eigenvalue weighted by molar-refractivity contribution is 5.45. The first-order chi connectivity index (χ1) is 9.36. The Kier molecular flexibility index (Phi) is 3.87. The standard InChI is InChI=1S/C14H19NO4/c16-8-12(15-7-11-2-1-5-17-11)10-3-4-13-14(6-10)19-9-18-13/h3-4,6,11-12,15-16H,1-2,5,7-9H2. The molecule has 1 saturated heterocycles. The number of hydrogen-bond acceptors (Lipinski definition) is 5. The number of aliphatic hydroxyl groups is 1. The van der Waals surface area contributed by atoms with E-state index in [4.69, 9.17) is 14.2 Å². The summed E-state index contributed by atoms with van der Waals surface area (Å²) < 4.78 is 16.2. The zero-order chi connectivity index (χ0) is 13.1. The van der Waals surface area contributed by atoms with E-state index in [0.717, 1.165) is 43.1 Å². The molecule has 2 atom stereocenters. The minimum absolute atomic E-state index is 0.0480. The summed E-state index contributed by atoms with van der Waals surface area (Å²) in [6, 6.07) is 5.66. The first-order valence-corrected chi connectivity index (χ1v) is 6.72. The van der Waals surface area contributed by atoms with Crippen molar-refractivity contribution < 1.29 is 19.3 Å². The van der Waals surface area contributed by atoms with Crippen molar-refractivity contribution in [2.45, 2.75) is 25.0 Å². The quantitative estimate of drug-likeness (QED) is 0.838. The molecule has 0 saturated carbocycles. The summed E-state index contributed by atoms with van der Waals surface area (Å²) in [5.41, 5.74) is 1.00. The maximum absolute atomic E-state index is 9.53. The molecule has 1 fully saturated rings. The van der Waals surface area contributed by atoms with Gasteiger partial charge in [-0.3, -0.25) is 0 Å². The summed E-state index contributed by atoms with van der Waals surface area (Å²) in [5, 5.41) is 12.9. The minimum Gasteiger partial charge on any atom is -0.454 e. The summed E-state index contributed by atoms with van der Waals surface area (Å²) in [6.45, 7) is 1.93. The fourth-order valence-electron chi connectivity index (χ4n) is 2.50. The third-order valence-corrected chi connectivity index (χ3v) is 3.60. The Bertz CT molecular complexity index is 431. The molecule has 2 heterocycles. The van der Waals surface area contributed by atoms with Gasteiger partial charge in [0.2, 0.25) is 6.79 Å². The molecule has 1 aromatic carbocycles. The van der Waals surface area contributed by atoms with E-state index in [9.17, 15) is 5.11 Å². The van der Waals surface area contributed by atoms with E-state index in [1.165, 1.54) is 0 Å². The normalized spacial score (nSPS) is 22.7. The number of hydrogen-bond donors (Lipinski definition) is 2. The fourth-order valence-corrected chi connectivity index (χ4v) is 2.50. The molecule has 19 heavy (non-hydrogen) atoms. The number of ether oxygens (including phenoxy) is 3. The Morgan fingerprint density at radius 2 is 2.21 bits per heavy atom. The van der Waals surface area contributed by atoms with Crippen molar-refractivity contribution in [3.8, 4) is 11.5 Å². The van der Waals surface area contributed by atoms with E-state index in [2.05, 4.69) is 5.32 Å². The highest BCUT2D eigenvalue weighted by Gasteiger charge is 2.20. The molecule has 0 spiro atoms. The SMILES string of the molecule is OCC(NCC1CCCO1)c1ccc2c(c1)OCO2. The molecule has 2 N–H and O–H groups in total. The third kappa shape index (κ3) is 2.83. The number of aliphatic hydroxyl groups excluding tert-OH is 1. The minimum atomic E-state index is -0.0984. The van der Waals surface area contributed by atoms with Crippen molar-refractivity contribution in [1.29, 1.82) is 0 Å². The van der Waals surface area contributed by atoms with Crippen LogP contribution in [0.25, 0.3) is 0 Å². The van der Waals surface area contributed by atoms with Gasteiger partial charge >= 0.3 is 0 Å². The van der Waals surface area contributed by atoms with Gasteiger partial charge in [-0.1, -0.05) is 6.07 Å². The lowest BCUT2D eigenvalue weighted by Crippen LogP contribution is -2.31. The van der Waals surface area contributed by atoms with E-state index < -0.39 is 0 Å². The molecule has 104 valence electrons. The summed E-state index contributed by atoms with van der Waals surface area (Å²) in [5.74, 6) is 1.51. The Hall–Kier alpha value is -1.30. The molecule has 1 aromatic rings. The smallest absolute Gasteiger partial charge is 0.231 e. The van der Waals surface area contributed by atoms with Gasteiger partial charge in [-0.15, -0.1) is 0 Å². The Morgan fingerprint density at radius 1 is 1.32 bits per heavy atom. The van der Waals surface area contributed by atoms with Crippen LogP contribution in [0.3, 0.4) is 0 Å². The number of fused-ring (bicyclic) bond motifs is 1. The molecule has 0 aliphatic carbocycles. The second-order valence-electron chi connectivity index (χ2n) is 4.89. The zero-order valence-electron chi connectivity index (χ0n) is 10.8. The van der Waals surface area contributed by atoms with Gasteiger partial charge in [0.05, 0.1) is 18.8 Å². The summed E-state index contributed by atoms with van der Waals surface area (Å²) in [6.07, 6.45) is 2.48. The molecule has 5 heteroatoms. The van der Waals surface area contributed by atoms with Gasteiger partial charge in [0.25, 0.3) is 0 Å². The Balaban J connectivity index is 1.64. The predicted molar refractivity (Wildman–Crippen MR) is 69.4 cm³/mol. The molecular formula is C14H19NO4. The number of nitrogens with one attached hydrogen (secondary N) is 1. The molecule has 2 aliphatic heterocycles. The molecule has 2 unspecified atom stereocenters. The van der Waals surface area contributed by atoms with Crippen LogP contribution in [-0.2, 0) is 4.74 Å². The van der Waals surface area contributed by atoms with Gasteiger partial charge < -0.3 is 24.6 Å². The fraction of sp³-hybridized carbons (Fsp3) is 0.571. The van der Waals surface area contributed by atoms with Gasteiger partial charge in [-0.05, 0) is 30.5 Å². The first-order valence-electron chi connectivity index (χ1n) is 6.72. The van der Waals surface area contributed by atoms with Crippen LogP contribution in [0.4, 0.5) is 0 Å². The lowest BCUT2D eigenvalue weighted by molar-refractivity contribution is 0.104. The van der Waals surface area contributed by atoms with Gasteiger partial charge in [-0.2, -0.15) is 0 Å². The molecule has 0 aromatic heterocycles. The number of rotatable bonds is 5. The average molecular weight is 265 g/mol. The summed E-state index contributed by atoms with van der Waals surface area (Å²) in [7, 11) is 0. The van der Waals surface area contributed by atoms with Crippen molar-refractivity contribution in [3.63, 3.8) is 0 Å². The topological polar surface area (TPSA) is 60.0 Å². The zero-order valence-corrected chi connectivity index (χ0v) is 10.8. The lowest BCUT2D eigenvalue weighted by atomic mass is 10.1. The molecule has 0 bridgehead atoms. The van der Waals surface area contributed by atoms with E-state index in [0.29, 0.717) is 0 Å². The second kappa shape index (κ2) is 5.77. The van der Waals surface area contributed by atoms with Crippen molar-refractivity contribution in [2.75, 3.05) is 26.6 Å². The molecule has 0 amide bonds. The van der Waals surface area contributed by atoms with Crippen LogP contribution in [0.2, 0.25) is 0 Å². The molecule has 2 aliphatic rings. The summed E-state index contributed by atoms with van der Waals surface area (Å²) >= 11 is 0.